The van der Waals surface area contributed by atoms with Crippen molar-refractivity contribution in [3.63, 3.8) is 0 Å². The third-order valence-corrected chi connectivity index (χ3v) is 4.20. The van der Waals surface area contributed by atoms with Gasteiger partial charge < -0.3 is 19.7 Å². The normalized spacial score (nSPS) is 22.1. The van der Waals surface area contributed by atoms with E-state index < -0.39 is 0 Å². The van der Waals surface area contributed by atoms with Crippen molar-refractivity contribution in [1.29, 1.82) is 0 Å². The molecule has 0 saturated heterocycles. The van der Waals surface area contributed by atoms with Crippen molar-refractivity contribution in [2.24, 2.45) is 16.8 Å². The van der Waals surface area contributed by atoms with Crippen molar-refractivity contribution in [3.05, 3.63) is 0 Å². The highest BCUT2D eigenvalue weighted by Crippen LogP contribution is 2.28. The highest BCUT2D eigenvalue weighted by atomic mass is 127. The number of rotatable bonds is 8. The molecule has 0 aromatic carbocycles. The Hall–Kier alpha value is -0.0800. The molecule has 6 heteroatoms. The lowest BCUT2D eigenvalue weighted by atomic mass is 9.83. The number of hydrogen-bond donors (Lipinski definition) is 1. The van der Waals surface area contributed by atoms with E-state index in [2.05, 4.69) is 29.2 Å². The summed E-state index contributed by atoms with van der Waals surface area (Å²) in [5.74, 6) is 2.68. The molecule has 0 radical (unpaired) electrons. The van der Waals surface area contributed by atoms with Gasteiger partial charge in [-0.1, -0.05) is 19.8 Å². The fourth-order valence-electron chi connectivity index (χ4n) is 2.85. The molecule has 0 amide bonds. The number of methoxy groups -OCH3 is 1. The van der Waals surface area contributed by atoms with Crippen LogP contribution in [-0.2, 0) is 9.47 Å². The standard InChI is InChI=1S/C16H33N3O2.HI/c1-14-5-7-15(8-6-14)13-19(3)16(17-2)18-9-10-21-12-11-20-4;/h14-15H,5-13H2,1-4H3,(H,17,18);1H. The molecule has 1 rings (SSSR count). The third kappa shape index (κ3) is 9.15. The number of nitrogens with one attached hydrogen (secondary N) is 1. The second kappa shape index (κ2) is 13.4. The van der Waals surface area contributed by atoms with Crippen LogP contribution in [0.4, 0.5) is 0 Å². The first-order valence-electron chi connectivity index (χ1n) is 8.15. The van der Waals surface area contributed by atoms with Crippen LogP contribution >= 0.6 is 24.0 Å². The molecule has 0 spiro atoms. The largest absolute Gasteiger partial charge is 0.382 e. The molecule has 132 valence electrons. The quantitative estimate of drug-likeness (QED) is 0.280. The van der Waals surface area contributed by atoms with E-state index in [9.17, 15) is 0 Å². The maximum absolute atomic E-state index is 5.45. The molecule has 0 atom stereocenters. The first-order chi connectivity index (χ1) is 10.2. The molecule has 0 aromatic heterocycles. The highest BCUT2D eigenvalue weighted by molar-refractivity contribution is 14.0. The van der Waals surface area contributed by atoms with Crippen molar-refractivity contribution in [3.8, 4) is 0 Å². The maximum atomic E-state index is 5.45. The van der Waals surface area contributed by atoms with Gasteiger partial charge in [-0.2, -0.15) is 0 Å². The smallest absolute Gasteiger partial charge is 0.193 e. The zero-order valence-corrected chi connectivity index (χ0v) is 17.0. The van der Waals surface area contributed by atoms with Crippen LogP contribution < -0.4 is 5.32 Å². The first kappa shape index (κ1) is 21.9. The van der Waals surface area contributed by atoms with Crippen LogP contribution in [0.3, 0.4) is 0 Å². The summed E-state index contributed by atoms with van der Waals surface area (Å²) in [7, 11) is 5.65. The molecule has 1 aliphatic rings. The van der Waals surface area contributed by atoms with Gasteiger partial charge in [0.05, 0.1) is 19.8 Å². The second-order valence-corrected chi connectivity index (χ2v) is 6.09. The Labute approximate surface area is 153 Å². The predicted octanol–water partition coefficient (Wildman–Crippen LogP) is 2.60. The first-order valence-corrected chi connectivity index (χ1v) is 8.15. The van der Waals surface area contributed by atoms with Crippen LogP contribution in [-0.4, -0.2) is 65.0 Å². The Bertz CT molecular complexity index is 295. The number of guanidine groups is 1. The van der Waals surface area contributed by atoms with Gasteiger partial charge >= 0.3 is 0 Å². The summed E-state index contributed by atoms with van der Waals surface area (Å²) in [4.78, 5) is 6.60. The van der Waals surface area contributed by atoms with E-state index in [0.29, 0.717) is 19.8 Å². The Balaban J connectivity index is 0.00000441. The Morgan fingerprint density at radius 2 is 1.86 bits per heavy atom. The van der Waals surface area contributed by atoms with Crippen molar-refractivity contribution < 1.29 is 9.47 Å². The van der Waals surface area contributed by atoms with Crippen molar-refractivity contribution in [2.75, 3.05) is 54.1 Å². The van der Waals surface area contributed by atoms with E-state index in [4.69, 9.17) is 9.47 Å². The van der Waals surface area contributed by atoms with Gasteiger partial charge in [0.15, 0.2) is 5.96 Å². The molecule has 0 heterocycles. The SMILES string of the molecule is CN=C(NCCOCCOC)N(C)CC1CCC(C)CC1.I. The summed E-state index contributed by atoms with van der Waals surface area (Å²) in [5, 5.41) is 3.35. The minimum Gasteiger partial charge on any atom is -0.382 e. The lowest BCUT2D eigenvalue weighted by Crippen LogP contribution is -2.43. The molecule has 1 saturated carbocycles. The summed E-state index contributed by atoms with van der Waals surface area (Å²) in [6.45, 7) is 6.21. The van der Waals surface area contributed by atoms with Gasteiger partial charge in [-0.05, 0) is 24.7 Å². The molecule has 5 nitrogen and oxygen atoms in total. The van der Waals surface area contributed by atoms with Gasteiger partial charge in [-0.3, -0.25) is 4.99 Å². The average molecular weight is 427 g/mol. The molecule has 22 heavy (non-hydrogen) atoms. The van der Waals surface area contributed by atoms with Gasteiger partial charge in [0.25, 0.3) is 0 Å². The topological polar surface area (TPSA) is 46.1 Å². The van der Waals surface area contributed by atoms with Crippen molar-refractivity contribution in [1.82, 2.24) is 10.2 Å². The fourth-order valence-corrected chi connectivity index (χ4v) is 2.85. The minimum absolute atomic E-state index is 0. The fraction of sp³-hybridized carbons (Fsp3) is 0.938. The van der Waals surface area contributed by atoms with Crippen molar-refractivity contribution >= 4 is 29.9 Å². The summed E-state index contributed by atoms with van der Waals surface area (Å²) in [5.41, 5.74) is 0. The number of nitrogens with zero attached hydrogens (tertiary/aromatic N) is 2. The summed E-state index contributed by atoms with van der Waals surface area (Å²) in [6.07, 6.45) is 5.45. The van der Waals surface area contributed by atoms with E-state index in [1.54, 1.807) is 7.11 Å². The zero-order valence-electron chi connectivity index (χ0n) is 14.6. The summed E-state index contributed by atoms with van der Waals surface area (Å²) < 4.78 is 10.4. The molecular formula is C16H34IN3O2. The highest BCUT2D eigenvalue weighted by Gasteiger charge is 2.20. The lowest BCUT2D eigenvalue weighted by molar-refractivity contribution is 0.0731. The van der Waals surface area contributed by atoms with Crippen LogP contribution in [0, 0.1) is 11.8 Å². The average Bonchev–Trinajstić information content (AvgIpc) is 2.49. The number of hydrogen-bond acceptors (Lipinski definition) is 3. The summed E-state index contributed by atoms with van der Waals surface area (Å²) in [6, 6.07) is 0. The van der Waals surface area contributed by atoms with Gasteiger partial charge in [0, 0.05) is 34.3 Å². The van der Waals surface area contributed by atoms with E-state index in [1.165, 1.54) is 25.7 Å². The molecule has 0 unspecified atom stereocenters. The zero-order chi connectivity index (χ0) is 15.5. The lowest BCUT2D eigenvalue weighted by Gasteiger charge is -2.31. The van der Waals surface area contributed by atoms with Crippen molar-refractivity contribution in [2.45, 2.75) is 32.6 Å². The van der Waals surface area contributed by atoms with E-state index in [1.807, 2.05) is 7.05 Å². The van der Waals surface area contributed by atoms with Gasteiger partial charge in [0.2, 0.25) is 0 Å². The van der Waals surface area contributed by atoms with Gasteiger partial charge in [0.1, 0.15) is 0 Å². The number of aliphatic imine (C=N–C) groups is 1. The van der Waals surface area contributed by atoms with Crippen LogP contribution in [0.5, 0.6) is 0 Å². The van der Waals surface area contributed by atoms with E-state index >= 15 is 0 Å². The molecule has 0 bridgehead atoms. The van der Waals surface area contributed by atoms with Gasteiger partial charge in [-0.15, -0.1) is 24.0 Å². The molecule has 0 aromatic rings. The van der Waals surface area contributed by atoms with Crippen LogP contribution in [0.2, 0.25) is 0 Å². The van der Waals surface area contributed by atoms with Gasteiger partial charge in [-0.25, -0.2) is 0 Å². The van der Waals surface area contributed by atoms with Crippen LogP contribution in [0.15, 0.2) is 4.99 Å². The molecule has 0 aliphatic heterocycles. The Morgan fingerprint density at radius 1 is 1.18 bits per heavy atom. The van der Waals surface area contributed by atoms with E-state index in [0.717, 1.165) is 30.9 Å². The predicted molar refractivity (Wildman–Crippen MR) is 103 cm³/mol. The maximum Gasteiger partial charge on any atom is 0.193 e. The number of ether oxygens (including phenoxy) is 2. The molecular weight excluding hydrogens is 393 g/mol. The van der Waals surface area contributed by atoms with Crippen LogP contribution in [0.1, 0.15) is 32.6 Å². The Kier molecular flexibility index (Phi) is 13.3. The molecule has 1 aliphatic carbocycles. The Morgan fingerprint density at radius 3 is 2.45 bits per heavy atom. The third-order valence-electron chi connectivity index (χ3n) is 4.20. The second-order valence-electron chi connectivity index (χ2n) is 6.09. The van der Waals surface area contributed by atoms with E-state index in [-0.39, 0.29) is 24.0 Å². The molecule has 1 N–H and O–H groups in total. The minimum atomic E-state index is 0. The monoisotopic (exact) mass is 427 g/mol. The summed E-state index contributed by atoms with van der Waals surface area (Å²) >= 11 is 0. The molecule has 1 fully saturated rings. The number of halogens is 1. The van der Waals surface area contributed by atoms with Crippen LogP contribution in [0.25, 0.3) is 0 Å².